The molecule has 0 aromatic heterocycles. The first-order valence-corrected chi connectivity index (χ1v) is 6.92. The van der Waals surface area contributed by atoms with E-state index in [4.69, 9.17) is 4.74 Å². The fraction of sp³-hybridized carbons (Fsp3) is 0.733. The fourth-order valence-corrected chi connectivity index (χ4v) is 4.52. The zero-order valence-electron chi connectivity index (χ0n) is 11.4. The van der Waals surface area contributed by atoms with Crippen LogP contribution in [0.2, 0.25) is 0 Å². The van der Waals surface area contributed by atoms with Crippen molar-refractivity contribution < 1.29 is 14.3 Å². The van der Waals surface area contributed by atoms with Crippen molar-refractivity contribution in [3.8, 4) is 0 Å². The molecule has 2 aliphatic carbocycles. The van der Waals surface area contributed by atoms with E-state index in [-0.39, 0.29) is 35.6 Å². The number of cyclic esters (lactones) is 2. The number of carbonyl (C=O) groups excluding carboxylic acids is 2. The van der Waals surface area contributed by atoms with Gasteiger partial charge in [-0.25, -0.2) is 0 Å². The Morgan fingerprint density at radius 1 is 0.889 bits per heavy atom. The van der Waals surface area contributed by atoms with Crippen LogP contribution in [0.3, 0.4) is 0 Å². The normalized spacial score (nSPS) is 38.1. The molecule has 18 heavy (non-hydrogen) atoms. The molecule has 0 amide bonds. The molecule has 1 aliphatic heterocycles. The van der Waals surface area contributed by atoms with Gasteiger partial charge in [-0.2, -0.15) is 0 Å². The summed E-state index contributed by atoms with van der Waals surface area (Å²) in [6.07, 6.45) is 0.983. The monoisotopic (exact) mass is 248 g/mol. The first-order chi connectivity index (χ1) is 8.43. The maximum absolute atomic E-state index is 11.8. The molecular weight excluding hydrogens is 228 g/mol. The van der Waals surface area contributed by atoms with Crippen LogP contribution in [0.25, 0.3) is 0 Å². The second kappa shape index (κ2) is 3.69. The largest absolute Gasteiger partial charge is 0.393 e. The van der Waals surface area contributed by atoms with Crippen molar-refractivity contribution in [2.75, 3.05) is 0 Å². The van der Waals surface area contributed by atoms with Crippen LogP contribution in [0.1, 0.15) is 34.1 Å². The zero-order valence-corrected chi connectivity index (χ0v) is 11.4. The van der Waals surface area contributed by atoms with E-state index in [0.29, 0.717) is 11.8 Å². The standard InChI is InChI=1S/C15H20O3/c1-6(2)10-8-5-9(11(10)7(3)4)13-12(8)14(16)18-15(13)17/h6-9,12-13H,5H2,1-4H3. The first-order valence-electron chi connectivity index (χ1n) is 6.92. The number of hydrogen-bond donors (Lipinski definition) is 0. The highest BCUT2D eigenvalue weighted by atomic mass is 16.6. The smallest absolute Gasteiger partial charge is 0.318 e. The van der Waals surface area contributed by atoms with Gasteiger partial charge in [-0.3, -0.25) is 9.59 Å². The lowest BCUT2D eigenvalue weighted by molar-refractivity contribution is -0.154. The summed E-state index contributed by atoms with van der Waals surface area (Å²) in [6, 6.07) is 0. The van der Waals surface area contributed by atoms with Gasteiger partial charge in [-0.1, -0.05) is 38.8 Å². The average Bonchev–Trinajstić information content (AvgIpc) is 2.88. The highest BCUT2D eigenvalue weighted by molar-refractivity contribution is 5.98. The van der Waals surface area contributed by atoms with Crippen LogP contribution in [0.5, 0.6) is 0 Å². The highest BCUT2D eigenvalue weighted by Gasteiger charge is 2.62. The number of rotatable bonds is 2. The minimum atomic E-state index is -0.279. The Kier molecular flexibility index (Phi) is 2.45. The third-order valence-corrected chi connectivity index (χ3v) is 4.88. The van der Waals surface area contributed by atoms with Gasteiger partial charge in [-0.15, -0.1) is 0 Å². The van der Waals surface area contributed by atoms with Gasteiger partial charge in [0.05, 0.1) is 11.8 Å². The van der Waals surface area contributed by atoms with Crippen LogP contribution in [0.4, 0.5) is 0 Å². The first kappa shape index (κ1) is 11.9. The molecule has 1 heterocycles. The molecule has 0 aromatic carbocycles. The van der Waals surface area contributed by atoms with Gasteiger partial charge in [0.25, 0.3) is 0 Å². The summed E-state index contributed by atoms with van der Waals surface area (Å²) in [5, 5.41) is 0. The Bertz CT molecular complexity index is 418. The molecule has 2 fully saturated rings. The Morgan fingerprint density at radius 2 is 1.28 bits per heavy atom. The van der Waals surface area contributed by atoms with Gasteiger partial charge < -0.3 is 4.74 Å². The van der Waals surface area contributed by atoms with Gasteiger partial charge in [0.1, 0.15) is 0 Å². The maximum Gasteiger partial charge on any atom is 0.318 e. The summed E-state index contributed by atoms with van der Waals surface area (Å²) in [5.41, 5.74) is 2.87. The quantitative estimate of drug-likeness (QED) is 0.428. The second-order valence-electron chi connectivity index (χ2n) is 6.46. The number of carbonyl (C=O) groups is 2. The lowest BCUT2D eigenvalue weighted by atomic mass is 9.71. The predicted molar refractivity (Wildman–Crippen MR) is 66.4 cm³/mol. The van der Waals surface area contributed by atoms with Crippen LogP contribution >= 0.6 is 0 Å². The summed E-state index contributed by atoms with van der Waals surface area (Å²) < 4.78 is 4.86. The molecule has 3 nitrogen and oxygen atoms in total. The lowest BCUT2D eigenvalue weighted by Crippen LogP contribution is -2.29. The van der Waals surface area contributed by atoms with Crippen molar-refractivity contribution in [1.82, 2.24) is 0 Å². The molecule has 3 aliphatic rings. The van der Waals surface area contributed by atoms with Crippen molar-refractivity contribution >= 4 is 11.9 Å². The molecule has 0 N–H and O–H groups in total. The summed E-state index contributed by atoms with van der Waals surface area (Å²) in [6.45, 7) is 8.76. The van der Waals surface area contributed by atoms with E-state index >= 15 is 0 Å². The van der Waals surface area contributed by atoms with Crippen LogP contribution in [-0.2, 0) is 14.3 Å². The van der Waals surface area contributed by atoms with E-state index < -0.39 is 0 Å². The molecule has 4 atom stereocenters. The highest BCUT2D eigenvalue weighted by Crippen LogP contribution is 2.61. The Morgan fingerprint density at radius 3 is 1.61 bits per heavy atom. The molecule has 2 bridgehead atoms. The number of hydrogen-bond acceptors (Lipinski definition) is 3. The third-order valence-electron chi connectivity index (χ3n) is 4.88. The zero-order chi connectivity index (χ0) is 13.2. The van der Waals surface area contributed by atoms with Gasteiger partial charge >= 0.3 is 11.9 Å². The summed E-state index contributed by atoms with van der Waals surface area (Å²) >= 11 is 0. The SMILES string of the molecule is CC(C)C1=C(C(C)C)C2CC1C1C(=O)OC(=O)C21. The van der Waals surface area contributed by atoms with Gasteiger partial charge in [0.2, 0.25) is 0 Å². The molecule has 3 heteroatoms. The van der Waals surface area contributed by atoms with Crippen molar-refractivity contribution in [2.24, 2.45) is 35.5 Å². The second-order valence-corrected chi connectivity index (χ2v) is 6.46. The van der Waals surface area contributed by atoms with Crippen LogP contribution in [0, 0.1) is 35.5 Å². The number of allylic oxidation sites excluding steroid dienone is 2. The lowest BCUT2D eigenvalue weighted by Gasteiger charge is -2.30. The molecule has 98 valence electrons. The maximum atomic E-state index is 11.8. The number of ether oxygens (including phenoxy) is 1. The van der Waals surface area contributed by atoms with E-state index in [0.717, 1.165) is 6.42 Å². The van der Waals surface area contributed by atoms with Crippen LogP contribution in [0.15, 0.2) is 11.1 Å². The van der Waals surface area contributed by atoms with Crippen molar-refractivity contribution in [1.29, 1.82) is 0 Å². The average molecular weight is 248 g/mol. The fourth-order valence-electron chi connectivity index (χ4n) is 4.52. The number of esters is 2. The van der Waals surface area contributed by atoms with E-state index in [1.807, 2.05) is 0 Å². The Hall–Kier alpha value is -1.12. The van der Waals surface area contributed by atoms with E-state index in [2.05, 4.69) is 27.7 Å². The Labute approximate surface area is 108 Å². The number of fused-ring (bicyclic) bond motifs is 5. The minimum Gasteiger partial charge on any atom is -0.393 e. The van der Waals surface area contributed by atoms with Gasteiger partial charge in [0, 0.05) is 0 Å². The predicted octanol–water partition coefficient (Wildman–Crippen LogP) is 2.56. The van der Waals surface area contributed by atoms with E-state index in [1.54, 1.807) is 0 Å². The van der Waals surface area contributed by atoms with E-state index in [9.17, 15) is 9.59 Å². The van der Waals surface area contributed by atoms with Gasteiger partial charge in [-0.05, 0) is 30.1 Å². The third kappa shape index (κ3) is 1.30. The molecular formula is C15H20O3. The summed E-state index contributed by atoms with van der Waals surface area (Å²) in [4.78, 5) is 23.7. The molecule has 0 radical (unpaired) electrons. The molecule has 4 unspecified atom stereocenters. The topological polar surface area (TPSA) is 43.4 Å². The molecule has 1 saturated heterocycles. The molecule has 1 saturated carbocycles. The summed E-state index contributed by atoms with van der Waals surface area (Å²) in [5.74, 6) is 0.526. The van der Waals surface area contributed by atoms with Crippen molar-refractivity contribution in [2.45, 2.75) is 34.1 Å². The van der Waals surface area contributed by atoms with Gasteiger partial charge in [0.15, 0.2) is 0 Å². The van der Waals surface area contributed by atoms with E-state index in [1.165, 1.54) is 11.1 Å². The van der Waals surface area contributed by atoms with Crippen LogP contribution in [-0.4, -0.2) is 11.9 Å². The van der Waals surface area contributed by atoms with Crippen molar-refractivity contribution in [3.63, 3.8) is 0 Å². The summed E-state index contributed by atoms with van der Waals surface area (Å²) in [7, 11) is 0. The molecule has 3 rings (SSSR count). The molecule has 0 spiro atoms. The Balaban J connectivity index is 2.09. The minimum absolute atomic E-state index is 0.178. The molecule has 0 aromatic rings. The van der Waals surface area contributed by atoms with Crippen LogP contribution < -0.4 is 0 Å². The van der Waals surface area contributed by atoms with Crippen molar-refractivity contribution in [3.05, 3.63) is 11.1 Å².